The number of rotatable bonds is 4. The molecule has 2 rings (SSSR count). The van der Waals surface area contributed by atoms with E-state index in [0.717, 1.165) is 26.0 Å². The van der Waals surface area contributed by atoms with E-state index in [-0.39, 0.29) is 6.61 Å². The van der Waals surface area contributed by atoms with Crippen molar-refractivity contribution < 1.29 is 37.4 Å². The first-order valence-corrected chi connectivity index (χ1v) is 7.25. The van der Waals surface area contributed by atoms with Crippen LogP contribution in [0.3, 0.4) is 0 Å². The summed E-state index contributed by atoms with van der Waals surface area (Å²) in [5, 5.41) is 2.11. The number of ketones is 1. The van der Waals surface area contributed by atoms with Crippen LogP contribution in [-0.4, -0.2) is 24.5 Å². The number of carbonyl (C=O) groups excluding carboxylic acids is 3. The Morgan fingerprint density at radius 1 is 1.32 bits per heavy atom. The van der Waals surface area contributed by atoms with Crippen LogP contribution in [-0.2, 0) is 29.4 Å². The number of esters is 1. The molecule has 1 aromatic carbocycles. The predicted octanol–water partition coefficient (Wildman–Crippen LogP) is 2.26. The quantitative estimate of drug-likeness (QED) is 0.833. The second kappa shape index (κ2) is 6.88. The summed E-state index contributed by atoms with van der Waals surface area (Å²) in [7, 11) is 0. The summed E-state index contributed by atoms with van der Waals surface area (Å²) in [5.74, 6) is -5.46. The van der Waals surface area contributed by atoms with Crippen LogP contribution in [0.15, 0.2) is 29.8 Å². The number of alkyl carbamates (subject to hydrolysis) is 1. The summed E-state index contributed by atoms with van der Waals surface area (Å²) in [5.41, 5.74) is -2.45. The van der Waals surface area contributed by atoms with E-state index in [1.807, 2.05) is 0 Å². The molecular weight excluding hydrogens is 340 g/mol. The van der Waals surface area contributed by atoms with Gasteiger partial charge in [0.2, 0.25) is 17.2 Å². The number of amides is 1. The number of nitrogens with one attached hydrogen (secondary N) is 1. The third kappa shape index (κ3) is 3.44. The molecule has 1 aliphatic heterocycles. The van der Waals surface area contributed by atoms with Crippen LogP contribution >= 0.6 is 0 Å². The number of hydrogen-bond acceptors (Lipinski definition) is 6. The number of carbonyl (C=O) groups is 3. The Morgan fingerprint density at radius 2 is 2.00 bits per heavy atom. The summed E-state index contributed by atoms with van der Waals surface area (Å²) < 4.78 is 42.4. The molecule has 25 heavy (non-hydrogen) atoms. The van der Waals surface area contributed by atoms with Crippen LogP contribution in [0.25, 0.3) is 0 Å². The minimum atomic E-state index is -2.04. The van der Waals surface area contributed by atoms with Crippen LogP contribution in [0.1, 0.15) is 26.3 Å². The van der Waals surface area contributed by atoms with Gasteiger partial charge in [-0.15, -0.1) is 0 Å². The van der Waals surface area contributed by atoms with Crippen molar-refractivity contribution in [2.24, 2.45) is 0 Å². The highest BCUT2D eigenvalue weighted by molar-refractivity contribution is 6.04. The standard InChI is InChI=1S/C16H15F2NO6/c1-4-23-15(22)19-14-12(24-8(2)20)13(21)16(3,25-14)9-6-5-7-10(17)11(9)18/h5-7H,4H2,1-3H3,(H,19,22). The molecule has 0 spiro atoms. The molecule has 1 heterocycles. The summed E-state index contributed by atoms with van der Waals surface area (Å²) in [4.78, 5) is 35.4. The lowest BCUT2D eigenvalue weighted by Crippen LogP contribution is -2.34. The van der Waals surface area contributed by atoms with Crippen LogP contribution in [0, 0.1) is 11.6 Å². The molecule has 134 valence electrons. The fourth-order valence-electron chi connectivity index (χ4n) is 2.24. The largest absolute Gasteiger partial charge is 0.456 e. The minimum Gasteiger partial charge on any atom is -0.456 e. The number of Topliss-reactive ketones (excluding diaryl/α,β-unsaturated/α-hetero) is 1. The zero-order valence-electron chi connectivity index (χ0n) is 13.6. The SMILES string of the molecule is CCOC(=O)NC1=C(OC(C)=O)C(=O)C(C)(c2cccc(F)c2F)O1. The first-order valence-electron chi connectivity index (χ1n) is 7.25. The van der Waals surface area contributed by atoms with Crippen LogP contribution in [0.2, 0.25) is 0 Å². The highest BCUT2D eigenvalue weighted by Gasteiger charge is 2.51. The average molecular weight is 355 g/mol. The van der Waals surface area contributed by atoms with E-state index in [4.69, 9.17) is 9.47 Å². The average Bonchev–Trinajstić information content (AvgIpc) is 2.75. The Bertz CT molecular complexity index is 776. The number of hydrogen-bond donors (Lipinski definition) is 1. The molecule has 0 aliphatic carbocycles. The second-order valence-electron chi connectivity index (χ2n) is 5.16. The van der Waals surface area contributed by atoms with Crippen molar-refractivity contribution in [1.82, 2.24) is 5.32 Å². The van der Waals surface area contributed by atoms with E-state index < -0.39 is 52.3 Å². The molecular formula is C16H15F2NO6. The van der Waals surface area contributed by atoms with Crippen molar-refractivity contribution in [3.05, 3.63) is 47.0 Å². The first-order chi connectivity index (χ1) is 11.7. The van der Waals surface area contributed by atoms with Crippen molar-refractivity contribution in [1.29, 1.82) is 0 Å². The lowest BCUT2D eigenvalue weighted by atomic mass is 9.91. The molecule has 0 aromatic heterocycles. The molecule has 9 heteroatoms. The molecule has 7 nitrogen and oxygen atoms in total. The van der Waals surface area contributed by atoms with Gasteiger partial charge in [0, 0.05) is 12.5 Å². The van der Waals surface area contributed by atoms with Gasteiger partial charge in [0.05, 0.1) is 6.61 Å². The van der Waals surface area contributed by atoms with Gasteiger partial charge in [0.25, 0.3) is 5.78 Å². The van der Waals surface area contributed by atoms with E-state index in [9.17, 15) is 23.2 Å². The highest BCUT2D eigenvalue weighted by Crippen LogP contribution is 2.39. The summed E-state index contributed by atoms with van der Waals surface area (Å²) >= 11 is 0. The van der Waals surface area contributed by atoms with E-state index in [2.05, 4.69) is 10.1 Å². The number of halogens is 2. The summed E-state index contributed by atoms with van der Waals surface area (Å²) in [6.45, 7) is 3.77. The molecule has 0 saturated carbocycles. The summed E-state index contributed by atoms with van der Waals surface area (Å²) in [6.07, 6.45) is -0.973. The van der Waals surface area contributed by atoms with Gasteiger partial charge >= 0.3 is 12.1 Å². The lowest BCUT2D eigenvalue weighted by Gasteiger charge is -2.24. The maximum atomic E-state index is 14.1. The maximum Gasteiger partial charge on any atom is 0.414 e. The maximum absolute atomic E-state index is 14.1. The van der Waals surface area contributed by atoms with Crippen LogP contribution < -0.4 is 5.32 Å². The Hall–Kier alpha value is -2.97. The monoisotopic (exact) mass is 355 g/mol. The zero-order valence-corrected chi connectivity index (χ0v) is 13.6. The lowest BCUT2D eigenvalue weighted by molar-refractivity contribution is -0.142. The van der Waals surface area contributed by atoms with Crippen LogP contribution in [0.4, 0.5) is 13.6 Å². The minimum absolute atomic E-state index is 0.0335. The molecule has 1 aliphatic rings. The third-order valence-electron chi connectivity index (χ3n) is 3.35. The van der Waals surface area contributed by atoms with E-state index in [1.165, 1.54) is 6.07 Å². The normalized spacial score (nSPS) is 19.5. The zero-order chi connectivity index (χ0) is 18.8. The molecule has 1 atom stereocenters. The van der Waals surface area contributed by atoms with Gasteiger partial charge in [-0.2, -0.15) is 0 Å². The molecule has 0 radical (unpaired) electrons. The van der Waals surface area contributed by atoms with Gasteiger partial charge in [0.15, 0.2) is 11.6 Å². The van der Waals surface area contributed by atoms with Gasteiger partial charge in [-0.1, -0.05) is 12.1 Å². The van der Waals surface area contributed by atoms with E-state index in [0.29, 0.717) is 0 Å². The van der Waals surface area contributed by atoms with Crippen molar-refractivity contribution in [2.75, 3.05) is 6.61 Å². The third-order valence-corrected chi connectivity index (χ3v) is 3.35. The highest BCUT2D eigenvalue weighted by atomic mass is 19.2. The van der Waals surface area contributed by atoms with Gasteiger partial charge in [0.1, 0.15) is 0 Å². The molecule has 1 amide bonds. The van der Waals surface area contributed by atoms with Crippen molar-refractivity contribution in [2.45, 2.75) is 26.4 Å². The number of ether oxygens (including phenoxy) is 3. The molecule has 0 saturated heterocycles. The first kappa shape index (κ1) is 18.4. The van der Waals surface area contributed by atoms with Crippen LogP contribution in [0.5, 0.6) is 0 Å². The van der Waals surface area contributed by atoms with E-state index in [1.54, 1.807) is 6.92 Å². The topological polar surface area (TPSA) is 90.9 Å². The summed E-state index contributed by atoms with van der Waals surface area (Å²) in [6, 6.07) is 3.21. The fraction of sp³-hybridized carbons (Fsp3) is 0.312. The Morgan fingerprint density at radius 3 is 2.60 bits per heavy atom. The Balaban J connectivity index is 2.45. The van der Waals surface area contributed by atoms with Gasteiger partial charge < -0.3 is 14.2 Å². The fourth-order valence-corrected chi connectivity index (χ4v) is 2.24. The van der Waals surface area contributed by atoms with Gasteiger partial charge in [-0.05, 0) is 19.9 Å². The molecule has 1 N–H and O–H groups in total. The molecule has 0 bridgehead atoms. The molecule has 1 unspecified atom stereocenters. The van der Waals surface area contributed by atoms with Crippen molar-refractivity contribution in [3.63, 3.8) is 0 Å². The Labute approximate surface area is 141 Å². The van der Waals surface area contributed by atoms with E-state index >= 15 is 0 Å². The number of benzene rings is 1. The predicted molar refractivity (Wildman–Crippen MR) is 78.8 cm³/mol. The second-order valence-corrected chi connectivity index (χ2v) is 5.16. The van der Waals surface area contributed by atoms with Crippen molar-refractivity contribution in [3.8, 4) is 0 Å². The Kier molecular flexibility index (Phi) is 5.05. The molecule has 1 aromatic rings. The van der Waals surface area contributed by atoms with Gasteiger partial charge in [-0.25, -0.2) is 13.6 Å². The molecule has 0 fully saturated rings. The van der Waals surface area contributed by atoms with Gasteiger partial charge in [-0.3, -0.25) is 14.9 Å². The smallest absolute Gasteiger partial charge is 0.414 e. The van der Waals surface area contributed by atoms with Crippen molar-refractivity contribution >= 4 is 17.8 Å².